The van der Waals surface area contributed by atoms with E-state index in [9.17, 15) is 26.4 Å². The van der Waals surface area contributed by atoms with Crippen molar-refractivity contribution >= 4 is 15.9 Å². The van der Waals surface area contributed by atoms with Gasteiger partial charge in [-0.15, -0.1) is 6.42 Å². The van der Waals surface area contributed by atoms with Crippen LogP contribution < -0.4 is 10.0 Å². The molecule has 0 spiro atoms. The van der Waals surface area contributed by atoms with E-state index in [0.717, 1.165) is 6.07 Å². The van der Waals surface area contributed by atoms with E-state index in [-0.39, 0.29) is 23.4 Å². The number of alkyl halides is 3. The fourth-order valence-electron chi connectivity index (χ4n) is 3.61. The Hall–Kier alpha value is -2.87. The zero-order valence-electron chi connectivity index (χ0n) is 17.7. The lowest BCUT2D eigenvalue weighted by molar-refractivity contribution is -0.137. The third-order valence-corrected chi connectivity index (χ3v) is 6.79. The average Bonchev–Trinajstić information content (AvgIpc) is 2.79. The van der Waals surface area contributed by atoms with Gasteiger partial charge in [0.2, 0.25) is 10.0 Å². The van der Waals surface area contributed by atoms with Crippen molar-refractivity contribution in [1.29, 1.82) is 0 Å². The van der Waals surface area contributed by atoms with Crippen molar-refractivity contribution in [2.24, 2.45) is 0 Å². The molecule has 2 aromatic carbocycles. The Morgan fingerprint density at radius 1 is 1.12 bits per heavy atom. The van der Waals surface area contributed by atoms with Gasteiger partial charge in [-0.2, -0.15) is 17.9 Å². The van der Waals surface area contributed by atoms with Crippen molar-refractivity contribution in [2.45, 2.75) is 36.5 Å². The van der Waals surface area contributed by atoms with Gasteiger partial charge in [-0.3, -0.25) is 9.69 Å². The number of benzene rings is 2. The molecule has 0 aromatic heterocycles. The fraction of sp³-hybridized carbons (Fsp3) is 0.348. The number of carbonyl (C=O) groups excluding carboxylic acids is 1. The minimum absolute atomic E-state index is 0.0113. The van der Waals surface area contributed by atoms with Gasteiger partial charge in [-0.05, 0) is 48.7 Å². The molecule has 1 heterocycles. The maximum absolute atomic E-state index is 12.9. The first-order chi connectivity index (χ1) is 15.6. The number of sulfonamides is 1. The molecule has 10 heteroatoms. The van der Waals surface area contributed by atoms with Crippen LogP contribution in [0.5, 0.6) is 0 Å². The van der Waals surface area contributed by atoms with Gasteiger partial charge in [0.1, 0.15) is 0 Å². The van der Waals surface area contributed by atoms with Crippen molar-refractivity contribution in [3.8, 4) is 12.3 Å². The molecule has 1 amide bonds. The summed E-state index contributed by atoms with van der Waals surface area (Å²) in [6.45, 7) is 1.56. The van der Waals surface area contributed by atoms with Crippen molar-refractivity contribution in [1.82, 2.24) is 14.9 Å². The van der Waals surface area contributed by atoms with Gasteiger partial charge in [0.05, 0.1) is 17.0 Å². The Labute approximate surface area is 191 Å². The summed E-state index contributed by atoms with van der Waals surface area (Å²) in [6.07, 6.45) is 2.01. The van der Waals surface area contributed by atoms with E-state index in [0.29, 0.717) is 43.6 Å². The summed E-state index contributed by atoms with van der Waals surface area (Å²) in [6, 6.07) is 10.8. The Kier molecular flexibility index (Phi) is 7.79. The molecule has 6 nitrogen and oxygen atoms in total. The van der Waals surface area contributed by atoms with Gasteiger partial charge in [-0.1, -0.05) is 24.1 Å². The number of halogens is 3. The summed E-state index contributed by atoms with van der Waals surface area (Å²) in [5, 5.41) is 2.94. The number of piperidine rings is 1. The smallest absolute Gasteiger partial charge is 0.349 e. The quantitative estimate of drug-likeness (QED) is 0.599. The van der Waals surface area contributed by atoms with Gasteiger partial charge in [-0.25, -0.2) is 8.42 Å². The monoisotopic (exact) mass is 479 g/mol. The average molecular weight is 480 g/mol. The molecule has 0 aliphatic carbocycles. The molecule has 3 rings (SSSR count). The maximum Gasteiger partial charge on any atom is 0.416 e. The molecule has 176 valence electrons. The molecule has 0 atom stereocenters. The van der Waals surface area contributed by atoms with Crippen molar-refractivity contribution in [3.05, 3.63) is 65.2 Å². The highest BCUT2D eigenvalue weighted by molar-refractivity contribution is 7.89. The lowest BCUT2D eigenvalue weighted by Crippen LogP contribution is -2.44. The number of terminal acetylenes is 1. The Morgan fingerprint density at radius 3 is 2.39 bits per heavy atom. The van der Waals surface area contributed by atoms with Gasteiger partial charge in [0.25, 0.3) is 5.91 Å². The van der Waals surface area contributed by atoms with Crippen LogP contribution in [0.2, 0.25) is 0 Å². The minimum atomic E-state index is -4.37. The third kappa shape index (κ3) is 6.81. The highest BCUT2D eigenvalue weighted by Crippen LogP contribution is 2.30. The van der Waals surface area contributed by atoms with Crippen molar-refractivity contribution in [3.63, 3.8) is 0 Å². The van der Waals surface area contributed by atoms with Crippen LogP contribution in [0.15, 0.2) is 53.4 Å². The summed E-state index contributed by atoms with van der Waals surface area (Å²) in [4.78, 5) is 14.6. The van der Waals surface area contributed by atoms with Crippen LogP contribution in [-0.2, 0) is 22.7 Å². The number of amides is 1. The number of likely N-dealkylation sites (tertiary alicyclic amines) is 1. The van der Waals surface area contributed by atoms with Crippen LogP contribution in [0.1, 0.15) is 34.3 Å². The van der Waals surface area contributed by atoms with E-state index in [1.807, 2.05) is 0 Å². The minimum Gasteiger partial charge on any atom is -0.349 e. The largest absolute Gasteiger partial charge is 0.416 e. The maximum atomic E-state index is 12.9. The number of hydrogen-bond acceptors (Lipinski definition) is 4. The Morgan fingerprint density at radius 2 is 1.79 bits per heavy atom. The molecule has 0 radical (unpaired) electrons. The molecule has 0 bridgehead atoms. The predicted octanol–water partition coefficient (Wildman–Crippen LogP) is 3.01. The molecule has 1 aliphatic rings. The van der Waals surface area contributed by atoms with E-state index >= 15 is 0 Å². The molecule has 2 aromatic rings. The van der Waals surface area contributed by atoms with Crippen LogP contribution in [0.4, 0.5) is 13.2 Å². The predicted molar refractivity (Wildman–Crippen MR) is 118 cm³/mol. The molecule has 1 fully saturated rings. The number of hydrogen-bond donors (Lipinski definition) is 2. The number of rotatable bonds is 7. The van der Waals surface area contributed by atoms with E-state index < -0.39 is 21.8 Å². The Bertz CT molecular complexity index is 1120. The molecule has 1 aliphatic heterocycles. The highest BCUT2D eigenvalue weighted by atomic mass is 32.2. The zero-order chi connectivity index (χ0) is 24.1. The van der Waals surface area contributed by atoms with E-state index in [1.54, 1.807) is 6.07 Å². The third-order valence-electron chi connectivity index (χ3n) is 5.37. The molecule has 0 unspecified atom stereocenters. The first-order valence-corrected chi connectivity index (χ1v) is 11.8. The fourth-order valence-corrected chi connectivity index (χ4v) is 4.55. The van der Waals surface area contributed by atoms with Gasteiger partial charge in [0.15, 0.2) is 0 Å². The molecular weight excluding hydrogens is 455 g/mol. The van der Waals surface area contributed by atoms with Gasteiger partial charge < -0.3 is 5.32 Å². The number of carbonyl (C=O) groups is 1. The van der Waals surface area contributed by atoms with Crippen LogP contribution in [-0.4, -0.2) is 44.9 Å². The van der Waals surface area contributed by atoms with E-state index in [4.69, 9.17) is 6.42 Å². The van der Waals surface area contributed by atoms with Crippen LogP contribution in [0.3, 0.4) is 0 Å². The van der Waals surface area contributed by atoms with E-state index in [2.05, 4.69) is 20.9 Å². The molecule has 0 saturated carbocycles. The Balaban J connectivity index is 1.51. The lowest BCUT2D eigenvalue weighted by Gasteiger charge is -2.32. The van der Waals surface area contributed by atoms with Crippen molar-refractivity contribution in [2.75, 3.05) is 19.6 Å². The van der Waals surface area contributed by atoms with Crippen LogP contribution in [0.25, 0.3) is 0 Å². The molecule has 2 N–H and O–H groups in total. The van der Waals surface area contributed by atoms with Crippen LogP contribution in [0, 0.1) is 12.3 Å². The van der Waals surface area contributed by atoms with Crippen LogP contribution >= 0.6 is 0 Å². The molecule has 33 heavy (non-hydrogen) atoms. The summed E-state index contributed by atoms with van der Waals surface area (Å²) in [7, 11) is -3.73. The normalized spacial score (nSPS) is 15.7. The molecular formula is C23H24F3N3O3S. The lowest BCUT2D eigenvalue weighted by atomic mass is 10.0. The second-order valence-corrected chi connectivity index (χ2v) is 9.54. The topological polar surface area (TPSA) is 78.5 Å². The highest BCUT2D eigenvalue weighted by Gasteiger charge is 2.30. The summed E-state index contributed by atoms with van der Waals surface area (Å²) >= 11 is 0. The number of nitrogens with zero attached hydrogens (tertiary/aromatic N) is 1. The SMILES string of the molecule is C#CCNS(=O)(=O)c1ccc(C(=O)NC2CCN(Cc3cccc(C(F)(F)F)c3)CC2)cc1. The van der Waals surface area contributed by atoms with E-state index in [1.165, 1.54) is 36.4 Å². The summed E-state index contributed by atoms with van der Waals surface area (Å²) in [5.74, 6) is 1.88. The number of nitrogens with one attached hydrogen (secondary N) is 2. The molecule has 1 saturated heterocycles. The van der Waals surface area contributed by atoms with Gasteiger partial charge in [0, 0.05) is 31.2 Å². The van der Waals surface area contributed by atoms with Gasteiger partial charge >= 0.3 is 6.18 Å². The second-order valence-electron chi connectivity index (χ2n) is 7.78. The first-order valence-electron chi connectivity index (χ1n) is 10.3. The van der Waals surface area contributed by atoms with Crippen molar-refractivity contribution < 1.29 is 26.4 Å². The standard InChI is InChI=1S/C23H24F3N3O3S/c1-2-12-27-33(31,32)21-8-6-18(7-9-21)22(30)28-20-10-13-29(14-11-20)16-17-4-3-5-19(15-17)23(24,25)26/h1,3-9,15,20,27H,10-14,16H2,(H,28,30). The first kappa shape index (κ1) is 24.8. The second kappa shape index (κ2) is 10.4. The summed E-state index contributed by atoms with van der Waals surface area (Å²) < 4.78 is 65.0. The zero-order valence-corrected chi connectivity index (χ0v) is 18.5. The summed E-state index contributed by atoms with van der Waals surface area (Å²) in [5.41, 5.74) is 0.268.